The van der Waals surface area contributed by atoms with Gasteiger partial charge >= 0.3 is 0 Å². The fourth-order valence-corrected chi connectivity index (χ4v) is 2.28. The summed E-state index contributed by atoms with van der Waals surface area (Å²) in [4.78, 5) is 30.6. The normalized spacial score (nSPS) is 13.4. The molecule has 0 bridgehead atoms. The average molecular weight is 333 g/mol. The number of rotatable bonds is 5. The summed E-state index contributed by atoms with van der Waals surface area (Å²) in [6.07, 6.45) is -0.632. The molecule has 6 nitrogen and oxygen atoms in total. The van der Waals surface area contributed by atoms with E-state index < -0.39 is 23.6 Å². The van der Waals surface area contributed by atoms with E-state index in [0.717, 1.165) is 0 Å². The number of halogens is 1. The second kappa shape index (κ2) is 7.35. The topological polar surface area (TPSA) is 95.1 Å². The maximum Gasteiger partial charge on any atom is 0.279 e. The lowest BCUT2D eigenvalue weighted by molar-refractivity contribution is 0.0910. The molecule has 0 spiro atoms. The summed E-state index contributed by atoms with van der Waals surface area (Å²) in [5.74, 6) is -0.981. The van der Waals surface area contributed by atoms with E-state index in [2.05, 4.69) is 15.3 Å². The molecule has 0 radical (unpaired) electrons. The van der Waals surface area contributed by atoms with Gasteiger partial charge in [-0.25, -0.2) is 9.37 Å². The number of nitrogens with one attached hydrogen (secondary N) is 2. The van der Waals surface area contributed by atoms with Crippen LogP contribution in [0.15, 0.2) is 29.1 Å². The molecule has 2 rings (SSSR count). The van der Waals surface area contributed by atoms with Crippen LogP contribution in [0.2, 0.25) is 0 Å². The Balaban J connectivity index is 2.02. The number of amides is 1. The molecule has 1 amide bonds. The molecular formula is C17H20FN3O3. The lowest BCUT2D eigenvalue weighted by atomic mass is 10.0. The van der Waals surface area contributed by atoms with Gasteiger partial charge in [-0.3, -0.25) is 9.59 Å². The minimum Gasteiger partial charge on any atom is -0.388 e. The number of aliphatic hydroxyl groups is 1. The van der Waals surface area contributed by atoms with Crippen LogP contribution in [0.3, 0.4) is 0 Å². The lowest BCUT2D eigenvalue weighted by Gasteiger charge is -2.18. The zero-order valence-corrected chi connectivity index (χ0v) is 13.8. The molecule has 0 aliphatic rings. The summed E-state index contributed by atoms with van der Waals surface area (Å²) in [6.45, 7) is 5.11. The summed E-state index contributed by atoms with van der Waals surface area (Å²) < 4.78 is 12.9. The fourth-order valence-electron chi connectivity index (χ4n) is 2.28. The average Bonchev–Trinajstić information content (AvgIpc) is 2.51. The Morgan fingerprint density at radius 3 is 2.58 bits per heavy atom. The Morgan fingerprint density at radius 2 is 1.96 bits per heavy atom. The third kappa shape index (κ3) is 4.26. The Labute approximate surface area is 138 Å². The monoisotopic (exact) mass is 333 g/mol. The predicted octanol–water partition coefficient (Wildman–Crippen LogP) is 1.77. The van der Waals surface area contributed by atoms with Crippen molar-refractivity contribution in [3.05, 3.63) is 63.1 Å². The highest BCUT2D eigenvalue weighted by atomic mass is 19.1. The lowest BCUT2D eigenvalue weighted by Crippen LogP contribution is -2.38. The number of carbonyl (C=O) groups is 1. The smallest absolute Gasteiger partial charge is 0.279 e. The van der Waals surface area contributed by atoms with Crippen LogP contribution in [0.25, 0.3) is 0 Å². The van der Waals surface area contributed by atoms with Crippen LogP contribution < -0.4 is 10.9 Å². The fraction of sp³-hybridized carbons (Fsp3) is 0.353. The van der Waals surface area contributed by atoms with Gasteiger partial charge in [0.2, 0.25) is 0 Å². The van der Waals surface area contributed by atoms with Crippen molar-refractivity contribution in [1.29, 1.82) is 0 Å². The van der Waals surface area contributed by atoms with Gasteiger partial charge in [0.1, 0.15) is 5.82 Å². The van der Waals surface area contributed by atoms with Gasteiger partial charge in [0.25, 0.3) is 11.5 Å². The minimum atomic E-state index is -0.855. The van der Waals surface area contributed by atoms with Crippen LogP contribution in [0.1, 0.15) is 46.9 Å². The van der Waals surface area contributed by atoms with E-state index in [0.29, 0.717) is 17.0 Å². The van der Waals surface area contributed by atoms with Crippen LogP contribution >= 0.6 is 0 Å². The maximum absolute atomic E-state index is 12.9. The molecule has 0 aliphatic heterocycles. The molecule has 1 aromatic carbocycles. The molecule has 7 heteroatoms. The third-order valence-electron chi connectivity index (χ3n) is 3.76. The zero-order chi connectivity index (χ0) is 17.9. The maximum atomic E-state index is 12.9. The Bertz CT molecular complexity index is 787. The van der Waals surface area contributed by atoms with Crippen LogP contribution in [0.4, 0.5) is 4.39 Å². The predicted molar refractivity (Wildman–Crippen MR) is 87.2 cm³/mol. The van der Waals surface area contributed by atoms with Gasteiger partial charge in [-0.05, 0) is 44.9 Å². The minimum absolute atomic E-state index is 0.207. The van der Waals surface area contributed by atoms with Gasteiger partial charge in [0, 0.05) is 11.7 Å². The summed E-state index contributed by atoms with van der Waals surface area (Å²) >= 11 is 0. The van der Waals surface area contributed by atoms with E-state index in [9.17, 15) is 19.1 Å². The van der Waals surface area contributed by atoms with Crippen LogP contribution in [-0.2, 0) is 0 Å². The highest BCUT2D eigenvalue weighted by Crippen LogP contribution is 2.18. The molecule has 3 N–H and O–H groups in total. The molecule has 0 saturated heterocycles. The summed E-state index contributed by atoms with van der Waals surface area (Å²) in [6, 6.07) is 5.11. The molecule has 0 fully saturated rings. The van der Waals surface area contributed by atoms with E-state index >= 15 is 0 Å². The number of aryl methyl sites for hydroxylation is 2. The number of hydrogen-bond donors (Lipinski definition) is 3. The molecule has 128 valence electrons. The second-order valence-corrected chi connectivity index (χ2v) is 5.80. The number of H-pyrrole nitrogens is 1. The molecule has 2 unspecified atom stereocenters. The SMILES string of the molecule is Cc1nc(C(=O)NC(C)CC(O)c2ccc(F)cc2)c(=O)[nH]c1C. The highest BCUT2D eigenvalue weighted by Gasteiger charge is 2.19. The summed E-state index contributed by atoms with van der Waals surface area (Å²) in [5, 5.41) is 12.8. The van der Waals surface area contributed by atoms with Gasteiger partial charge < -0.3 is 15.4 Å². The van der Waals surface area contributed by atoms with Gasteiger partial charge in [-0.1, -0.05) is 12.1 Å². The number of benzene rings is 1. The first-order valence-electron chi connectivity index (χ1n) is 7.60. The molecule has 0 saturated carbocycles. The second-order valence-electron chi connectivity index (χ2n) is 5.80. The van der Waals surface area contributed by atoms with E-state index in [-0.39, 0.29) is 17.9 Å². The van der Waals surface area contributed by atoms with E-state index in [1.54, 1.807) is 20.8 Å². The largest absolute Gasteiger partial charge is 0.388 e. The van der Waals surface area contributed by atoms with E-state index in [4.69, 9.17) is 0 Å². The van der Waals surface area contributed by atoms with E-state index in [1.807, 2.05) is 0 Å². The number of aromatic amines is 1. The third-order valence-corrected chi connectivity index (χ3v) is 3.76. The number of aliphatic hydroxyl groups excluding tert-OH is 1. The van der Waals surface area contributed by atoms with Crippen LogP contribution in [-0.4, -0.2) is 27.0 Å². The van der Waals surface area contributed by atoms with Crippen LogP contribution in [0.5, 0.6) is 0 Å². The van der Waals surface area contributed by atoms with Crippen molar-refractivity contribution in [3.8, 4) is 0 Å². The Hall–Kier alpha value is -2.54. The van der Waals surface area contributed by atoms with Crippen molar-refractivity contribution in [2.24, 2.45) is 0 Å². The van der Waals surface area contributed by atoms with Crippen molar-refractivity contribution in [2.75, 3.05) is 0 Å². The standard InChI is InChI=1S/C17H20FN3O3/c1-9(8-14(22)12-4-6-13(18)7-5-12)19-16(23)15-17(24)21-11(3)10(2)20-15/h4-7,9,14,22H,8H2,1-3H3,(H,19,23)(H,21,24). The molecule has 24 heavy (non-hydrogen) atoms. The quantitative estimate of drug-likeness (QED) is 0.777. The van der Waals surface area contributed by atoms with Crippen molar-refractivity contribution in [3.63, 3.8) is 0 Å². The highest BCUT2D eigenvalue weighted by molar-refractivity contribution is 5.92. The molecule has 0 aliphatic carbocycles. The Morgan fingerprint density at radius 1 is 1.33 bits per heavy atom. The number of hydrogen-bond acceptors (Lipinski definition) is 4. The van der Waals surface area contributed by atoms with Gasteiger partial charge in [-0.2, -0.15) is 0 Å². The zero-order valence-electron chi connectivity index (χ0n) is 13.8. The van der Waals surface area contributed by atoms with Gasteiger partial charge in [-0.15, -0.1) is 0 Å². The van der Waals surface area contributed by atoms with Crippen molar-refractivity contribution < 1.29 is 14.3 Å². The van der Waals surface area contributed by atoms with E-state index in [1.165, 1.54) is 24.3 Å². The number of carbonyl (C=O) groups excluding carboxylic acids is 1. The summed E-state index contributed by atoms with van der Waals surface area (Å²) in [7, 11) is 0. The molecule has 1 heterocycles. The van der Waals surface area contributed by atoms with Crippen molar-refractivity contribution in [2.45, 2.75) is 39.3 Å². The first-order valence-corrected chi connectivity index (χ1v) is 7.60. The molecule has 2 aromatic rings. The van der Waals surface area contributed by atoms with Gasteiger partial charge in [0.15, 0.2) is 5.69 Å². The first-order chi connectivity index (χ1) is 11.3. The number of aromatic nitrogens is 2. The number of nitrogens with zero attached hydrogens (tertiary/aromatic N) is 1. The molecular weight excluding hydrogens is 313 g/mol. The first kappa shape index (κ1) is 17.8. The molecule has 1 aromatic heterocycles. The van der Waals surface area contributed by atoms with Gasteiger partial charge in [0.05, 0.1) is 11.8 Å². The van der Waals surface area contributed by atoms with Crippen molar-refractivity contribution >= 4 is 5.91 Å². The van der Waals surface area contributed by atoms with Crippen LogP contribution in [0, 0.1) is 19.7 Å². The van der Waals surface area contributed by atoms with Crippen molar-refractivity contribution in [1.82, 2.24) is 15.3 Å². The summed E-state index contributed by atoms with van der Waals surface area (Å²) in [5.41, 5.74) is 0.970. The Kier molecular flexibility index (Phi) is 5.46. The molecule has 2 atom stereocenters.